The van der Waals surface area contributed by atoms with E-state index in [0.29, 0.717) is 27.0 Å². The van der Waals surface area contributed by atoms with Crippen molar-refractivity contribution in [3.05, 3.63) is 58.1 Å². The van der Waals surface area contributed by atoms with Crippen LogP contribution in [0.3, 0.4) is 0 Å². The Morgan fingerprint density at radius 2 is 1.70 bits per heavy atom. The van der Waals surface area contributed by atoms with E-state index in [1.165, 1.54) is 6.92 Å². The number of amides is 1. The molecule has 2 aromatic rings. The number of nitrogen functional groups attached to an aromatic ring is 1. The fourth-order valence-electron chi connectivity index (χ4n) is 1.82. The molecular weight excluding hydrogens is 320 g/mol. The summed E-state index contributed by atoms with van der Waals surface area (Å²) >= 11 is 3.28. The minimum absolute atomic E-state index is 0.108. The highest BCUT2D eigenvalue weighted by atomic mass is 79.9. The number of halogens is 1. The summed E-state index contributed by atoms with van der Waals surface area (Å²) in [6, 6.07) is 12.0. The van der Waals surface area contributed by atoms with Crippen molar-refractivity contribution in [2.75, 3.05) is 11.1 Å². The van der Waals surface area contributed by atoms with E-state index in [9.17, 15) is 9.59 Å². The van der Waals surface area contributed by atoms with E-state index in [0.717, 1.165) is 0 Å². The molecule has 0 radical (unpaired) electrons. The molecule has 0 unspecified atom stereocenters. The summed E-state index contributed by atoms with van der Waals surface area (Å²) < 4.78 is 0.657. The predicted molar refractivity (Wildman–Crippen MR) is 83.0 cm³/mol. The number of benzene rings is 2. The Balaban J connectivity index is 2.33. The van der Waals surface area contributed by atoms with Gasteiger partial charge in [0.1, 0.15) is 0 Å². The smallest absolute Gasteiger partial charge is 0.257 e. The van der Waals surface area contributed by atoms with Gasteiger partial charge in [-0.25, -0.2) is 0 Å². The van der Waals surface area contributed by atoms with E-state index in [1.54, 1.807) is 42.5 Å². The molecule has 102 valence electrons. The van der Waals surface area contributed by atoms with Gasteiger partial charge < -0.3 is 11.1 Å². The first-order chi connectivity index (χ1) is 9.50. The highest BCUT2D eigenvalue weighted by Gasteiger charge is 2.14. The Bertz CT molecular complexity index is 683. The van der Waals surface area contributed by atoms with Crippen LogP contribution in [0.5, 0.6) is 0 Å². The van der Waals surface area contributed by atoms with Crippen LogP contribution in [-0.4, -0.2) is 11.7 Å². The summed E-state index contributed by atoms with van der Waals surface area (Å²) in [5.74, 6) is -0.458. The fraction of sp³-hybridized carbons (Fsp3) is 0.0667. The van der Waals surface area contributed by atoms with Crippen LogP contribution in [-0.2, 0) is 0 Å². The van der Waals surface area contributed by atoms with Crippen molar-refractivity contribution in [1.29, 1.82) is 0 Å². The summed E-state index contributed by atoms with van der Waals surface area (Å²) in [5, 5.41) is 2.72. The molecule has 4 nitrogen and oxygen atoms in total. The molecule has 0 aliphatic carbocycles. The van der Waals surface area contributed by atoms with E-state index in [2.05, 4.69) is 21.2 Å². The van der Waals surface area contributed by atoms with Gasteiger partial charge in [-0.3, -0.25) is 9.59 Å². The topological polar surface area (TPSA) is 72.2 Å². The maximum atomic E-state index is 12.2. The average molecular weight is 333 g/mol. The number of nitrogens with one attached hydrogen (secondary N) is 1. The highest BCUT2D eigenvalue weighted by molar-refractivity contribution is 9.10. The molecule has 2 aromatic carbocycles. The van der Waals surface area contributed by atoms with Gasteiger partial charge >= 0.3 is 0 Å². The Morgan fingerprint density at radius 1 is 1.05 bits per heavy atom. The third kappa shape index (κ3) is 2.88. The molecule has 0 fully saturated rings. The summed E-state index contributed by atoms with van der Waals surface area (Å²) in [6.07, 6.45) is 0. The Kier molecular flexibility index (Phi) is 4.20. The molecule has 20 heavy (non-hydrogen) atoms. The summed E-state index contributed by atoms with van der Waals surface area (Å²) in [6.45, 7) is 1.46. The second-order valence-corrected chi connectivity index (χ2v) is 5.11. The van der Waals surface area contributed by atoms with Gasteiger partial charge in [0.2, 0.25) is 0 Å². The van der Waals surface area contributed by atoms with Crippen LogP contribution in [0.15, 0.2) is 46.9 Å². The van der Waals surface area contributed by atoms with E-state index in [4.69, 9.17) is 5.73 Å². The maximum absolute atomic E-state index is 12.2. The lowest BCUT2D eigenvalue weighted by molar-refractivity contribution is 0.101. The second-order valence-electron chi connectivity index (χ2n) is 4.26. The molecule has 5 heteroatoms. The van der Waals surface area contributed by atoms with Gasteiger partial charge in [-0.15, -0.1) is 0 Å². The number of nitrogens with two attached hydrogens (primary N) is 1. The molecule has 0 spiro atoms. The van der Waals surface area contributed by atoms with Crippen molar-refractivity contribution in [1.82, 2.24) is 0 Å². The summed E-state index contributed by atoms with van der Waals surface area (Å²) in [7, 11) is 0. The third-order valence-electron chi connectivity index (χ3n) is 2.85. The van der Waals surface area contributed by atoms with E-state index in [-0.39, 0.29) is 11.7 Å². The van der Waals surface area contributed by atoms with Crippen LogP contribution in [0.2, 0.25) is 0 Å². The number of Topliss-reactive ketones (excluding diaryl/α,β-unsaturated/α-hetero) is 1. The number of hydrogen-bond acceptors (Lipinski definition) is 3. The molecular formula is C15H13BrN2O2. The highest BCUT2D eigenvalue weighted by Crippen LogP contribution is 2.24. The Morgan fingerprint density at radius 3 is 2.40 bits per heavy atom. The van der Waals surface area contributed by atoms with Crippen LogP contribution < -0.4 is 11.1 Å². The monoisotopic (exact) mass is 332 g/mol. The van der Waals surface area contributed by atoms with Gasteiger partial charge in [0.25, 0.3) is 5.91 Å². The molecule has 0 aliphatic heterocycles. The van der Waals surface area contributed by atoms with E-state index in [1.807, 2.05) is 0 Å². The summed E-state index contributed by atoms with van der Waals surface area (Å²) in [4.78, 5) is 23.8. The first kappa shape index (κ1) is 14.3. The van der Waals surface area contributed by atoms with E-state index >= 15 is 0 Å². The van der Waals surface area contributed by atoms with Crippen molar-refractivity contribution >= 4 is 39.0 Å². The molecule has 0 heterocycles. The lowest BCUT2D eigenvalue weighted by atomic mass is 10.1. The molecule has 1 amide bonds. The maximum Gasteiger partial charge on any atom is 0.257 e. The average Bonchev–Trinajstić information content (AvgIpc) is 2.42. The number of ketones is 1. The quantitative estimate of drug-likeness (QED) is 0.667. The Hall–Kier alpha value is -2.14. The number of anilines is 2. The molecule has 3 N–H and O–H groups in total. The number of hydrogen-bond donors (Lipinski definition) is 2. The molecule has 0 bridgehead atoms. The lowest BCUT2D eigenvalue weighted by Crippen LogP contribution is -2.16. The van der Waals surface area contributed by atoms with Crippen molar-refractivity contribution in [3.63, 3.8) is 0 Å². The van der Waals surface area contributed by atoms with Crippen molar-refractivity contribution in [3.8, 4) is 0 Å². The second kappa shape index (κ2) is 5.88. The molecule has 0 aromatic heterocycles. The standard InChI is InChI=1S/C15H13BrN2O2/c1-9(19)10-5-2-3-8-13(10)18-15(20)11-6-4-7-12(16)14(11)17/h2-8H,17H2,1H3,(H,18,20). The molecule has 2 rings (SSSR count). The number of rotatable bonds is 3. The normalized spacial score (nSPS) is 10.1. The van der Waals surface area contributed by atoms with Crippen LogP contribution in [0.1, 0.15) is 27.6 Å². The minimum Gasteiger partial charge on any atom is -0.397 e. The number of carbonyl (C=O) groups excluding carboxylic acids is 2. The third-order valence-corrected chi connectivity index (χ3v) is 3.54. The van der Waals surface area contributed by atoms with Crippen molar-refractivity contribution < 1.29 is 9.59 Å². The van der Waals surface area contributed by atoms with Crippen LogP contribution >= 0.6 is 15.9 Å². The van der Waals surface area contributed by atoms with Gasteiger partial charge in [-0.2, -0.15) is 0 Å². The zero-order chi connectivity index (χ0) is 14.7. The lowest BCUT2D eigenvalue weighted by Gasteiger charge is -2.11. The molecule has 0 aliphatic rings. The van der Waals surface area contributed by atoms with Crippen LogP contribution in [0, 0.1) is 0 Å². The SMILES string of the molecule is CC(=O)c1ccccc1NC(=O)c1cccc(Br)c1N. The van der Waals surface area contributed by atoms with Gasteiger partial charge in [0.15, 0.2) is 5.78 Å². The van der Waals surface area contributed by atoms with Gasteiger partial charge in [-0.05, 0) is 47.1 Å². The van der Waals surface area contributed by atoms with Crippen LogP contribution in [0.4, 0.5) is 11.4 Å². The zero-order valence-corrected chi connectivity index (χ0v) is 12.4. The largest absolute Gasteiger partial charge is 0.397 e. The summed E-state index contributed by atoms with van der Waals surface area (Å²) in [5.41, 5.74) is 7.53. The van der Waals surface area contributed by atoms with Gasteiger partial charge in [0.05, 0.1) is 16.9 Å². The number of carbonyl (C=O) groups is 2. The first-order valence-electron chi connectivity index (χ1n) is 5.96. The fourth-order valence-corrected chi connectivity index (χ4v) is 2.19. The van der Waals surface area contributed by atoms with Crippen molar-refractivity contribution in [2.24, 2.45) is 0 Å². The van der Waals surface area contributed by atoms with Gasteiger partial charge in [0, 0.05) is 10.0 Å². The Labute approximate surface area is 125 Å². The van der Waals surface area contributed by atoms with E-state index < -0.39 is 0 Å². The van der Waals surface area contributed by atoms with Crippen LogP contribution in [0.25, 0.3) is 0 Å². The molecule has 0 saturated carbocycles. The zero-order valence-electron chi connectivity index (χ0n) is 10.8. The predicted octanol–water partition coefficient (Wildman–Crippen LogP) is 3.49. The number of para-hydroxylation sites is 2. The van der Waals surface area contributed by atoms with Crippen molar-refractivity contribution in [2.45, 2.75) is 6.92 Å². The molecule has 0 saturated heterocycles. The minimum atomic E-state index is -0.350. The molecule has 0 atom stereocenters. The first-order valence-corrected chi connectivity index (χ1v) is 6.75. The van der Waals surface area contributed by atoms with Gasteiger partial charge in [-0.1, -0.05) is 18.2 Å².